The Bertz CT molecular complexity index is 440. The molecule has 0 bridgehead atoms. The molecule has 1 rings (SSSR count). The molecule has 0 saturated heterocycles. The summed E-state index contributed by atoms with van der Waals surface area (Å²) >= 11 is 1.63. The fourth-order valence-electron chi connectivity index (χ4n) is 1.16. The number of rotatable bonds is 4. The molecule has 3 nitrogen and oxygen atoms in total. The second-order valence-corrected chi connectivity index (χ2v) is 6.75. The molecule has 1 aromatic heterocycles. The molecular weight excluding hydrogens is 230 g/mol. The van der Waals surface area contributed by atoms with E-state index in [0.717, 1.165) is 10.3 Å². The maximum Gasteiger partial charge on any atom is 0.235 e. The molecule has 0 radical (unpaired) electrons. The molecule has 0 aliphatic rings. The molecule has 1 aromatic rings. The van der Waals surface area contributed by atoms with Crippen LogP contribution in [0.2, 0.25) is 0 Å². The molecule has 5 heteroatoms. The van der Waals surface area contributed by atoms with Crippen molar-refractivity contribution in [2.45, 2.75) is 20.4 Å². The lowest BCUT2D eigenvalue weighted by Crippen LogP contribution is -2.23. The monoisotopic (exact) mass is 245 g/mol. The summed E-state index contributed by atoms with van der Waals surface area (Å²) in [4.78, 5) is 2.28. The number of nitrogens with zero attached hydrogens (tertiary/aromatic N) is 1. The Morgan fingerprint density at radius 2 is 2.13 bits per heavy atom. The minimum Gasteiger partial charge on any atom is -0.208 e. The second kappa shape index (κ2) is 4.47. The van der Waals surface area contributed by atoms with Gasteiger partial charge in [0.1, 0.15) is 0 Å². The van der Waals surface area contributed by atoms with Gasteiger partial charge in [-0.15, -0.1) is 11.3 Å². The average Bonchev–Trinajstić information content (AvgIpc) is 2.46. The zero-order valence-electron chi connectivity index (χ0n) is 9.15. The first kappa shape index (κ1) is 12.4. The van der Waals surface area contributed by atoms with Crippen LogP contribution < -0.4 is 0 Å². The van der Waals surface area contributed by atoms with Crippen molar-refractivity contribution in [3.8, 4) is 0 Å². The van der Waals surface area contributed by atoms with Gasteiger partial charge in [-0.3, -0.25) is 0 Å². The Hall–Kier alpha value is -0.650. The number of hydrogen-bond donors (Lipinski definition) is 0. The fraction of sp³-hybridized carbons (Fsp3) is 0.400. The number of sulfonamides is 1. The highest BCUT2D eigenvalue weighted by molar-refractivity contribution is 7.91. The van der Waals surface area contributed by atoms with Crippen molar-refractivity contribution >= 4 is 21.4 Å². The van der Waals surface area contributed by atoms with Crippen molar-refractivity contribution in [2.24, 2.45) is 0 Å². The van der Waals surface area contributed by atoms with E-state index in [9.17, 15) is 8.42 Å². The van der Waals surface area contributed by atoms with Crippen molar-refractivity contribution in [1.82, 2.24) is 4.31 Å². The molecule has 0 atom stereocenters. The SMILES string of the molecule is C=CS(=O)(=O)N(C)Cc1cc(C)c(C)s1. The van der Waals surface area contributed by atoms with E-state index < -0.39 is 10.0 Å². The first-order valence-electron chi connectivity index (χ1n) is 4.51. The van der Waals surface area contributed by atoms with Crippen LogP contribution in [0.25, 0.3) is 0 Å². The molecule has 0 aliphatic carbocycles. The van der Waals surface area contributed by atoms with Gasteiger partial charge in [0, 0.05) is 28.8 Å². The van der Waals surface area contributed by atoms with Crippen LogP contribution in [0.5, 0.6) is 0 Å². The van der Waals surface area contributed by atoms with E-state index in [2.05, 4.69) is 6.58 Å². The highest BCUT2D eigenvalue weighted by Gasteiger charge is 2.14. The highest BCUT2D eigenvalue weighted by atomic mass is 32.2. The minimum atomic E-state index is -3.30. The predicted molar refractivity (Wildman–Crippen MR) is 64.4 cm³/mol. The molecule has 0 spiro atoms. The first-order chi connectivity index (χ1) is 6.86. The van der Waals surface area contributed by atoms with E-state index in [1.54, 1.807) is 18.4 Å². The Morgan fingerprint density at radius 1 is 1.53 bits per heavy atom. The number of hydrogen-bond acceptors (Lipinski definition) is 3. The summed E-state index contributed by atoms with van der Waals surface area (Å²) < 4.78 is 24.1. The zero-order chi connectivity index (χ0) is 11.6. The first-order valence-corrected chi connectivity index (χ1v) is 6.83. The second-order valence-electron chi connectivity index (χ2n) is 3.42. The van der Waals surface area contributed by atoms with E-state index in [0.29, 0.717) is 6.54 Å². The van der Waals surface area contributed by atoms with Crippen LogP contribution in [0.1, 0.15) is 15.3 Å². The summed E-state index contributed by atoms with van der Waals surface area (Å²) in [6, 6.07) is 2.02. The minimum absolute atomic E-state index is 0.410. The lowest BCUT2D eigenvalue weighted by atomic mass is 10.3. The van der Waals surface area contributed by atoms with Gasteiger partial charge in [0.05, 0.1) is 0 Å². The van der Waals surface area contributed by atoms with Crippen molar-refractivity contribution in [1.29, 1.82) is 0 Å². The van der Waals surface area contributed by atoms with Crippen LogP contribution in [0, 0.1) is 13.8 Å². The van der Waals surface area contributed by atoms with Crippen molar-refractivity contribution in [3.63, 3.8) is 0 Å². The smallest absolute Gasteiger partial charge is 0.208 e. The summed E-state index contributed by atoms with van der Waals surface area (Å²) in [5.41, 5.74) is 1.21. The molecule has 0 unspecified atom stereocenters. The topological polar surface area (TPSA) is 37.4 Å². The lowest BCUT2D eigenvalue weighted by Gasteiger charge is -2.12. The largest absolute Gasteiger partial charge is 0.235 e. The van der Waals surface area contributed by atoms with E-state index in [4.69, 9.17) is 0 Å². The van der Waals surface area contributed by atoms with Crippen LogP contribution in [0.4, 0.5) is 0 Å². The van der Waals surface area contributed by atoms with Gasteiger partial charge in [-0.2, -0.15) is 4.31 Å². The van der Waals surface area contributed by atoms with Crippen LogP contribution in [0.15, 0.2) is 18.1 Å². The number of aryl methyl sites for hydroxylation is 2. The normalized spacial score (nSPS) is 12.0. The molecule has 0 aliphatic heterocycles. The van der Waals surface area contributed by atoms with Gasteiger partial charge in [0.25, 0.3) is 0 Å². The quantitative estimate of drug-likeness (QED) is 0.816. The summed E-state index contributed by atoms with van der Waals surface area (Å²) in [6.45, 7) is 7.76. The highest BCUT2D eigenvalue weighted by Crippen LogP contribution is 2.22. The maximum atomic E-state index is 11.4. The van der Waals surface area contributed by atoms with Gasteiger partial charge in [-0.25, -0.2) is 8.42 Å². The van der Waals surface area contributed by atoms with Crippen molar-refractivity contribution in [2.75, 3.05) is 7.05 Å². The van der Waals surface area contributed by atoms with Gasteiger partial charge in [-0.05, 0) is 25.5 Å². The van der Waals surface area contributed by atoms with Crippen LogP contribution in [0.3, 0.4) is 0 Å². The standard InChI is InChI=1S/C10H15NO2S2/c1-5-15(12,13)11(4)7-10-6-8(2)9(3)14-10/h5-6H,1,7H2,2-4H3. The zero-order valence-corrected chi connectivity index (χ0v) is 10.8. The fourth-order valence-corrected chi connectivity index (χ4v) is 2.93. The molecule has 84 valence electrons. The van der Waals surface area contributed by atoms with Gasteiger partial charge < -0.3 is 0 Å². The molecule has 0 fully saturated rings. The predicted octanol–water partition coefficient (Wildman–Crippen LogP) is 2.27. The summed E-state index contributed by atoms with van der Waals surface area (Å²) in [6.07, 6.45) is 0. The molecule has 0 saturated carbocycles. The van der Waals surface area contributed by atoms with Crippen LogP contribution in [-0.2, 0) is 16.6 Å². The molecule has 15 heavy (non-hydrogen) atoms. The van der Waals surface area contributed by atoms with E-state index in [1.165, 1.54) is 14.7 Å². The average molecular weight is 245 g/mol. The lowest BCUT2D eigenvalue weighted by molar-refractivity contribution is 0.478. The Kier molecular flexibility index (Phi) is 3.70. The van der Waals surface area contributed by atoms with Gasteiger partial charge >= 0.3 is 0 Å². The molecular formula is C10H15NO2S2. The van der Waals surface area contributed by atoms with Gasteiger partial charge in [-0.1, -0.05) is 6.58 Å². The summed E-state index contributed by atoms with van der Waals surface area (Å²) in [5, 5.41) is 0.973. The van der Waals surface area contributed by atoms with E-state index >= 15 is 0 Å². The summed E-state index contributed by atoms with van der Waals surface area (Å²) in [5.74, 6) is 0. The van der Waals surface area contributed by atoms with Crippen molar-refractivity contribution in [3.05, 3.63) is 33.4 Å². The molecule has 0 amide bonds. The van der Waals surface area contributed by atoms with Crippen LogP contribution in [-0.4, -0.2) is 19.8 Å². The Morgan fingerprint density at radius 3 is 2.53 bits per heavy atom. The number of thiophene rings is 1. The van der Waals surface area contributed by atoms with E-state index in [-0.39, 0.29) is 0 Å². The Labute approximate surface area is 95.1 Å². The summed E-state index contributed by atoms with van der Waals surface area (Å²) in [7, 11) is -1.74. The molecule has 0 aromatic carbocycles. The van der Waals surface area contributed by atoms with Crippen molar-refractivity contribution < 1.29 is 8.42 Å². The Balaban J connectivity index is 2.83. The van der Waals surface area contributed by atoms with Gasteiger partial charge in [0.15, 0.2) is 0 Å². The third-order valence-electron chi connectivity index (χ3n) is 2.24. The third-order valence-corrected chi connectivity index (χ3v) is 4.80. The molecule has 1 heterocycles. The van der Waals surface area contributed by atoms with Gasteiger partial charge in [0.2, 0.25) is 10.0 Å². The van der Waals surface area contributed by atoms with E-state index in [1.807, 2.05) is 19.9 Å². The molecule has 0 N–H and O–H groups in total. The third kappa shape index (κ3) is 2.90. The maximum absolute atomic E-state index is 11.4. The van der Waals surface area contributed by atoms with Crippen LogP contribution >= 0.6 is 11.3 Å².